The van der Waals surface area contributed by atoms with Crippen LogP contribution in [0.2, 0.25) is 0 Å². The smallest absolute Gasteiger partial charge is 0.464 e. The van der Waals surface area contributed by atoms with Crippen LogP contribution in [0.25, 0.3) is 0 Å². The van der Waals surface area contributed by atoms with Gasteiger partial charge in [0.15, 0.2) is 11.9 Å². The molecule has 190 valence electrons. The maximum Gasteiger partial charge on any atom is 0.508 e. The van der Waals surface area contributed by atoms with Gasteiger partial charge < -0.3 is 19.3 Å². The van der Waals surface area contributed by atoms with Crippen LogP contribution in [0.3, 0.4) is 0 Å². The molecule has 0 saturated heterocycles. The fraction of sp³-hybridized carbons (Fsp3) is 0.815. The van der Waals surface area contributed by atoms with E-state index in [9.17, 15) is 19.5 Å². The fourth-order valence-electron chi connectivity index (χ4n) is 7.48. The van der Waals surface area contributed by atoms with Crippen LogP contribution in [-0.4, -0.2) is 48.4 Å². The topological polar surface area (TPSA) is 99.1 Å². The van der Waals surface area contributed by atoms with E-state index < -0.39 is 24.8 Å². The summed E-state index contributed by atoms with van der Waals surface area (Å²) in [6, 6.07) is 0. The summed E-state index contributed by atoms with van der Waals surface area (Å²) < 4.78 is 15.8. The van der Waals surface area contributed by atoms with Crippen LogP contribution < -0.4 is 0 Å². The largest absolute Gasteiger partial charge is 0.508 e. The zero-order valence-corrected chi connectivity index (χ0v) is 20.8. The van der Waals surface area contributed by atoms with Crippen molar-refractivity contribution in [2.75, 3.05) is 13.2 Å². The molecule has 4 aliphatic rings. The fourth-order valence-corrected chi connectivity index (χ4v) is 7.48. The molecular formula is C27H40O7. The molecule has 7 heteroatoms. The van der Waals surface area contributed by atoms with Gasteiger partial charge in [0.2, 0.25) is 0 Å². The third-order valence-electron chi connectivity index (χ3n) is 9.49. The molecule has 0 aromatic heterocycles. The Bertz CT molecular complexity index is 835. The van der Waals surface area contributed by atoms with Gasteiger partial charge in [-0.1, -0.05) is 32.8 Å². The van der Waals surface area contributed by atoms with Crippen molar-refractivity contribution in [3.63, 3.8) is 0 Å². The van der Waals surface area contributed by atoms with Crippen molar-refractivity contribution in [3.05, 3.63) is 11.6 Å². The van der Waals surface area contributed by atoms with Gasteiger partial charge in [0.05, 0.1) is 6.61 Å². The first-order chi connectivity index (χ1) is 16.2. The Morgan fingerprint density at radius 2 is 1.88 bits per heavy atom. The van der Waals surface area contributed by atoms with Crippen molar-refractivity contribution in [2.45, 2.75) is 97.2 Å². The van der Waals surface area contributed by atoms with Crippen molar-refractivity contribution in [1.29, 1.82) is 0 Å². The first kappa shape index (κ1) is 25.2. The Balaban J connectivity index is 1.33. The number of hydrogen-bond donors (Lipinski definition) is 1. The predicted molar refractivity (Wildman–Crippen MR) is 125 cm³/mol. The van der Waals surface area contributed by atoms with E-state index in [-0.39, 0.29) is 29.3 Å². The van der Waals surface area contributed by atoms with Gasteiger partial charge in [0.1, 0.15) is 12.7 Å². The molecule has 0 amide bonds. The highest BCUT2D eigenvalue weighted by molar-refractivity contribution is 5.91. The third kappa shape index (κ3) is 4.65. The van der Waals surface area contributed by atoms with Gasteiger partial charge in [-0.2, -0.15) is 0 Å². The van der Waals surface area contributed by atoms with Gasteiger partial charge in [-0.25, -0.2) is 9.59 Å². The van der Waals surface area contributed by atoms with Crippen molar-refractivity contribution < 1.29 is 33.7 Å². The SMILES string of the molecule is CCCCOC(=O)C(O)COC(=O)O[C@@H]1CC[C@H]2[C@@H]3CCC4=CC(=O)CC[C@]4(C)[C@H]3CC[C@]12C. The lowest BCUT2D eigenvalue weighted by molar-refractivity contribution is -0.156. The minimum atomic E-state index is -1.50. The molecule has 0 spiro atoms. The van der Waals surface area contributed by atoms with Gasteiger partial charge >= 0.3 is 12.1 Å². The number of ketones is 1. The number of hydrogen-bond acceptors (Lipinski definition) is 7. The zero-order valence-electron chi connectivity index (χ0n) is 20.8. The van der Waals surface area contributed by atoms with Crippen molar-refractivity contribution >= 4 is 17.9 Å². The zero-order chi connectivity index (χ0) is 24.5. The Labute approximate surface area is 202 Å². The number of ether oxygens (including phenoxy) is 3. The molecule has 7 atom stereocenters. The van der Waals surface area contributed by atoms with E-state index >= 15 is 0 Å². The lowest BCUT2D eigenvalue weighted by Crippen LogP contribution is -2.51. The summed E-state index contributed by atoms with van der Waals surface area (Å²) in [6.07, 6.45) is 8.57. The maximum absolute atomic E-state index is 12.4. The highest BCUT2D eigenvalue weighted by atomic mass is 16.7. The van der Waals surface area contributed by atoms with Gasteiger partial charge in [-0.05, 0) is 80.6 Å². The summed E-state index contributed by atoms with van der Waals surface area (Å²) in [5.41, 5.74) is 1.38. The molecule has 1 N–H and O–H groups in total. The number of aliphatic hydroxyl groups excluding tert-OH is 1. The molecule has 0 radical (unpaired) electrons. The van der Waals surface area contributed by atoms with E-state index in [1.165, 1.54) is 5.57 Å². The molecular weight excluding hydrogens is 436 g/mol. The Kier molecular flexibility index (Phi) is 7.41. The number of rotatable bonds is 7. The summed E-state index contributed by atoms with van der Waals surface area (Å²) in [5.74, 6) is 1.14. The second kappa shape index (κ2) is 10.00. The predicted octanol–water partition coefficient (Wildman–Crippen LogP) is 4.74. The van der Waals surface area contributed by atoms with E-state index in [0.717, 1.165) is 57.8 Å². The number of aliphatic hydroxyl groups is 1. The van der Waals surface area contributed by atoms with Gasteiger partial charge in [-0.15, -0.1) is 0 Å². The average molecular weight is 477 g/mol. The molecule has 0 bridgehead atoms. The Morgan fingerprint density at radius 1 is 1.09 bits per heavy atom. The molecule has 0 aromatic carbocycles. The lowest BCUT2D eigenvalue weighted by atomic mass is 9.47. The van der Waals surface area contributed by atoms with E-state index in [2.05, 4.69) is 13.8 Å². The highest BCUT2D eigenvalue weighted by Gasteiger charge is 2.60. The van der Waals surface area contributed by atoms with Gasteiger partial charge in [-0.3, -0.25) is 4.79 Å². The number of unbranched alkanes of at least 4 members (excludes halogenated alkanes) is 1. The lowest BCUT2D eigenvalue weighted by Gasteiger charge is -2.57. The van der Waals surface area contributed by atoms with Crippen molar-refractivity contribution in [1.82, 2.24) is 0 Å². The monoisotopic (exact) mass is 476 g/mol. The maximum atomic E-state index is 12.4. The molecule has 7 nitrogen and oxygen atoms in total. The Morgan fingerprint density at radius 3 is 2.65 bits per heavy atom. The molecule has 4 rings (SSSR count). The summed E-state index contributed by atoms with van der Waals surface area (Å²) in [7, 11) is 0. The molecule has 0 heterocycles. The van der Waals surface area contributed by atoms with E-state index in [1.807, 2.05) is 13.0 Å². The molecule has 3 fully saturated rings. The minimum Gasteiger partial charge on any atom is -0.464 e. The average Bonchev–Trinajstić information content (AvgIpc) is 3.14. The van der Waals surface area contributed by atoms with Crippen LogP contribution in [0, 0.1) is 28.6 Å². The first-order valence-electron chi connectivity index (χ1n) is 13.1. The molecule has 34 heavy (non-hydrogen) atoms. The normalized spacial score (nSPS) is 37.5. The molecule has 1 unspecified atom stereocenters. The van der Waals surface area contributed by atoms with Gasteiger partial charge in [0.25, 0.3) is 0 Å². The standard InChI is InChI=1S/C27H40O7/c1-4-5-14-32-24(30)22(29)16-33-25(31)34-23-9-8-20-19-7-6-17-15-18(28)10-12-26(17,2)21(19)11-13-27(20,23)3/h15,19-23,29H,4-14,16H2,1-3H3/t19-,20-,21-,22?,23+,26-,27-/m0/s1. The molecule has 0 aromatic rings. The summed E-state index contributed by atoms with van der Waals surface area (Å²) in [5, 5.41) is 9.90. The molecule has 0 aliphatic heterocycles. The number of fused-ring (bicyclic) bond motifs is 5. The first-order valence-corrected chi connectivity index (χ1v) is 13.1. The summed E-state index contributed by atoms with van der Waals surface area (Å²) in [4.78, 5) is 36.2. The highest BCUT2D eigenvalue weighted by Crippen LogP contribution is 2.65. The molecule has 3 saturated carbocycles. The van der Waals surface area contributed by atoms with Gasteiger partial charge in [0, 0.05) is 11.8 Å². The van der Waals surface area contributed by atoms with Crippen molar-refractivity contribution in [2.24, 2.45) is 28.6 Å². The van der Waals surface area contributed by atoms with Crippen LogP contribution in [0.4, 0.5) is 4.79 Å². The summed E-state index contributed by atoms with van der Waals surface area (Å²) in [6.45, 7) is 6.37. The van der Waals surface area contributed by atoms with E-state index in [0.29, 0.717) is 24.2 Å². The van der Waals surface area contributed by atoms with E-state index in [1.54, 1.807) is 0 Å². The van der Waals surface area contributed by atoms with E-state index in [4.69, 9.17) is 14.2 Å². The number of carbonyl (C=O) groups is 3. The third-order valence-corrected chi connectivity index (χ3v) is 9.49. The van der Waals surface area contributed by atoms with Crippen LogP contribution in [0.1, 0.15) is 85.0 Å². The molecule has 4 aliphatic carbocycles. The quantitative estimate of drug-likeness (QED) is 0.418. The number of allylic oxidation sites excluding steroid dienone is 1. The minimum absolute atomic E-state index is 0.0973. The summed E-state index contributed by atoms with van der Waals surface area (Å²) >= 11 is 0. The van der Waals surface area contributed by atoms with Crippen LogP contribution in [0.5, 0.6) is 0 Å². The second-order valence-electron chi connectivity index (χ2n) is 11.3. The second-order valence-corrected chi connectivity index (χ2v) is 11.3. The van der Waals surface area contributed by atoms with Crippen molar-refractivity contribution in [3.8, 4) is 0 Å². The number of carbonyl (C=O) groups excluding carboxylic acids is 3. The Hall–Kier alpha value is -1.89. The number of esters is 1. The van der Waals surface area contributed by atoms with Crippen LogP contribution in [-0.2, 0) is 23.8 Å². The van der Waals surface area contributed by atoms with Crippen LogP contribution >= 0.6 is 0 Å². The van der Waals surface area contributed by atoms with Crippen LogP contribution in [0.15, 0.2) is 11.6 Å².